The second-order valence-corrected chi connectivity index (χ2v) is 4.79. The number of carbonyl (C=O) groups is 2. The van der Waals surface area contributed by atoms with Crippen LogP contribution in [0.3, 0.4) is 0 Å². The van der Waals surface area contributed by atoms with Crippen molar-refractivity contribution >= 4 is 11.9 Å². The minimum absolute atomic E-state index is 0.0538. The monoisotopic (exact) mass is 283 g/mol. The number of halogens is 2. The average molecular weight is 283 g/mol. The van der Waals surface area contributed by atoms with Gasteiger partial charge in [0.2, 0.25) is 0 Å². The van der Waals surface area contributed by atoms with Crippen LogP contribution in [0.4, 0.5) is 8.78 Å². The lowest BCUT2D eigenvalue weighted by atomic mass is 9.99. The molecule has 4 nitrogen and oxygen atoms in total. The Morgan fingerprint density at radius 2 is 1.85 bits per heavy atom. The van der Waals surface area contributed by atoms with E-state index in [2.05, 4.69) is 0 Å². The maximum absolute atomic E-state index is 14.2. The van der Waals surface area contributed by atoms with Gasteiger partial charge in [0.1, 0.15) is 6.04 Å². The van der Waals surface area contributed by atoms with Crippen LogP contribution >= 0.6 is 0 Å². The molecule has 0 aliphatic carbocycles. The lowest BCUT2D eigenvalue weighted by molar-refractivity contribution is -0.168. The summed E-state index contributed by atoms with van der Waals surface area (Å²) in [6, 6.07) is 5.58. The molecule has 0 saturated carbocycles. The van der Waals surface area contributed by atoms with Gasteiger partial charge in [0.05, 0.1) is 0 Å². The number of carboxylic acid groups (broad SMARTS) is 1. The summed E-state index contributed by atoms with van der Waals surface area (Å²) in [6.07, 6.45) is 1.38. The largest absolute Gasteiger partial charge is 0.480 e. The summed E-state index contributed by atoms with van der Waals surface area (Å²) >= 11 is 0. The SMILES string of the molecule is O=C(O)C1CCCCN1C(=O)C(F)(F)c1ccccc1. The zero-order valence-corrected chi connectivity index (χ0v) is 10.8. The van der Waals surface area contributed by atoms with E-state index in [0.29, 0.717) is 12.8 Å². The summed E-state index contributed by atoms with van der Waals surface area (Å²) < 4.78 is 28.4. The van der Waals surface area contributed by atoms with Crippen LogP contribution in [0.15, 0.2) is 30.3 Å². The van der Waals surface area contributed by atoms with Crippen molar-refractivity contribution in [2.45, 2.75) is 31.2 Å². The minimum Gasteiger partial charge on any atom is -0.480 e. The van der Waals surface area contributed by atoms with Crippen LogP contribution in [0.2, 0.25) is 0 Å². The van der Waals surface area contributed by atoms with Gasteiger partial charge in [-0.15, -0.1) is 0 Å². The number of nitrogens with zero attached hydrogens (tertiary/aromatic N) is 1. The molecular formula is C14H15F2NO3. The molecule has 0 aromatic heterocycles. The van der Waals surface area contributed by atoms with Crippen molar-refractivity contribution in [1.29, 1.82) is 0 Å². The number of rotatable bonds is 3. The van der Waals surface area contributed by atoms with Crippen LogP contribution in [0.5, 0.6) is 0 Å². The van der Waals surface area contributed by atoms with Gasteiger partial charge < -0.3 is 10.0 Å². The first kappa shape index (κ1) is 14.4. The van der Waals surface area contributed by atoms with Crippen molar-refractivity contribution in [2.75, 3.05) is 6.54 Å². The van der Waals surface area contributed by atoms with Crippen LogP contribution in [0.1, 0.15) is 24.8 Å². The Morgan fingerprint density at radius 3 is 2.45 bits per heavy atom. The number of carboxylic acids is 1. The third kappa shape index (κ3) is 2.64. The highest BCUT2D eigenvalue weighted by molar-refractivity contribution is 5.89. The van der Waals surface area contributed by atoms with Crippen LogP contribution < -0.4 is 0 Å². The number of piperidine rings is 1. The van der Waals surface area contributed by atoms with Gasteiger partial charge in [-0.2, -0.15) is 8.78 Å². The van der Waals surface area contributed by atoms with E-state index in [1.165, 1.54) is 12.1 Å². The van der Waals surface area contributed by atoms with Crippen LogP contribution in [0.25, 0.3) is 0 Å². The first-order valence-electron chi connectivity index (χ1n) is 6.42. The van der Waals surface area contributed by atoms with Crippen molar-refractivity contribution in [1.82, 2.24) is 4.90 Å². The number of aliphatic carboxylic acids is 1. The summed E-state index contributed by atoms with van der Waals surface area (Å²) in [5.74, 6) is -6.37. The topological polar surface area (TPSA) is 57.6 Å². The first-order valence-corrected chi connectivity index (χ1v) is 6.42. The van der Waals surface area contributed by atoms with Gasteiger partial charge in [0.25, 0.3) is 5.91 Å². The molecule has 6 heteroatoms. The van der Waals surface area contributed by atoms with Gasteiger partial charge in [-0.1, -0.05) is 30.3 Å². The predicted molar refractivity (Wildman–Crippen MR) is 67.3 cm³/mol. The molecule has 1 N–H and O–H groups in total. The third-order valence-electron chi connectivity index (χ3n) is 3.45. The summed E-state index contributed by atoms with van der Waals surface area (Å²) in [5, 5.41) is 9.06. The molecule has 1 heterocycles. The number of alkyl halides is 2. The van der Waals surface area contributed by atoms with E-state index in [1.807, 2.05) is 0 Å². The van der Waals surface area contributed by atoms with Crippen molar-refractivity contribution in [2.24, 2.45) is 0 Å². The molecule has 1 aliphatic rings. The fourth-order valence-corrected chi connectivity index (χ4v) is 2.38. The van der Waals surface area contributed by atoms with Gasteiger partial charge in [-0.05, 0) is 19.3 Å². The normalized spacial score (nSPS) is 19.7. The van der Waals surface area contributed by atoms with Gasteiger partial charge in [-0.3, -0.25) is 4.79 Å². The van der Waals surface area contributed by atoms with E-state index < -0.39 is 29.4 Å². The molecular weight excluding hydrogens is 268 g/mol. The highest BCUT2D eigenvalue weighted by atomic mass is 19.3. The number of hydrogen-bond acceptors (Lipinski definition) is 2. The summed E-state index contributed by atoms with van der Waals surface area (Å²) in [5.41, 5.74) is -0.417. The highest BCUT2D eigenvalue weighted by Crippen LogP contribution is 2.32. The van der Waals surface area contributed by atoms with E-state index >= 15 is 0 Å². The van der Waals surface area contributed by atoms with E-state index in [0.717, 1.165) is 17.0 Å². The van der Waals surface area contributed by atoms with Gasteiger partial charge in [0, 0.05) is 12.1 Å². The second-order valence-electron chi connectivity index (χ2n) is 4.79. The van der Waals surface area contributed by atoms with Gasteiger partial charge in [-0.25, -0.2) is 4.79 Å². The Balaban J connectivity index is 2.27. The third-order valence-corrected chi connectivity index (χ3v) is 3.45. The Morgan fingerprint density at radius 1 is 1.20 bits per heavy atom. The number of hydrogen-bond donors (Lipinski definition) is 1. The van der Waals surface area contributed by atoms with Gasteiger partial charge >= 0.3 is 11.9 Å². The standard InChI is InChI=1S/C14H15F2NO3/c15-14(16,10-6-2-1-3-7-10)13(20)17-9-5-4-8-11(17)12(18)19/h1-3,6-7,11H,4-5,8-9H2,(H,18,19). The first-order chi connectivity index (χ1) is 9.44. The highest BCUT2D eigenvalue weighted by Gasteiger charge is 2.47. The Hall–Kier alpha value is -1.98. The maximum atomic E-state index is 14.2. The molecule has 1 aromatic carbocycles. The predicted octanol–water partition coefficient (Wildman–Crippen LogP) is 2.24. The number of likely N-dealkylation sites (tertiary alicyclic amines) is 1. The Labute approximate surface area is 115 Å². The lowest BCUT2D eigenvalue weighted by Crippen LogP contribution is -2.52. The minimum atomic E-state index is -3.70. The average Bonchev–Trinajstić information content (AvgIpc) is 2.47. The molecule has 1 fully saturated rings. The van der Waals surface area contributed by atoms with Crippen LogP contribution in [-0.4, -0.2) is 34.5 Å². The second kappa shape index (κ2) is 5.56. The van der Waals surface area contributed by atoms with Crippen molar-refractivity contribution in [3.05, 3.63) is 35.9 Å². The molecule has 0 radical (unpaired) electrons. The summed E-state index contributed by atoms with van der Waals surface area (Å²) in [7, 11) is 0. The lowest BCUT2D eigenvalue weighted by Gasteiger charge is -2.35. The molecule has 1 saturated heterocycles. The molecule has 1 aliphatic heterocycles. The summed E-state index contributed by atoms with van der Waals surface area (Å²) in [6.45, 7) is 0.0538. The zero-order chi connectivity index (χ0) is 14.8. The van der Waals surface area contributed by atoms with Crippen LogP contribution in [-0.2, 0) is 15.5 Å². The van der Waals surface area contributed by atoms with E-state index in [9.17, 15) is 18.4 Å². The van der Waals surface area contributed by atoms with Crippen molar-refractivity contribution < 1.29 is 23.5 Å². The Kier molecular flexibility index (Phi) is 4.01. The van der Waals surface area contributed by atoms with E-state index in [-0.39, 0.29) is 13.0 Å². The zero-order valence-electron chi connectivity index (χ0n) is 10.8. The summed E-state index contributed by atoms with van der Waals surface area (Å²) in [4.78, 5) is 23.9. The number of benzene rings is 1. The smallest absolute Gasteiger partial charge is 0.349 e. The van der Waals surface area contributed by atoms with Gasteiger partial charge in [0.15, 0.2) is 0 Å². The van der Waals surface area contributed by atoms with Crippen molar-refractivity contribution in [3.8, 4) is 0 Å². The quantitative estimate of drug-likeness (QED) is 0.925. The fourth-order valence-electron chi connectivity index (χ4n) is 2.38. The molecule has 1 amide bonds. The maximum Gasteiger partial charge on any atom is 0.349 e. The van der Waals surface area contributed by atoms with Crippen molar-refractivity contribution in [3.63, 3.8) is 0 Å². The molecule has 1 unspecified atom stereocenters. The molecule has 108 valence electrons. The fraction of sp³-hybridized carbons (Fsp3) is 0.429. The molecule has 2 rings (SSSR count). The van der Waals surface area contributed by atoms with E-state index in [1.54, 1.807) is 6.07 Å². The molecule has 0 bridgehead atoms. The molecule has 1 aromatic rings. The molecule has 20 heavy (non-hydrogen) atoms. The molecule has 0 spiro atoms. The van der Waals surface area contributed by atoms with Crippen LogP contribution in [0, 0.1) is 0 Å². The number of amides is 1. The molecule has 1 atom stereocenters. The van der Waals surface area contributed by atoms with E-state index in [4.69, 9.17) is 5.11 Å². The Bertz CT molecular complexity index is 504. The number of carbonyl (C=O) groups excluding carboxylic acids is 1.